The molecule has 0 spiro atoms. The van der Waals surface area contributed by atoms with E-state index in [0.29, 0.717) is 0 Å². The predicted molar refractivity (Wildman–Crippen MR) is 85.5 cm³/mol. The van der Waals surface area contributed by atoms with Crippen LogP contribution in [0.25, 0.3) is 0 Å². The van der Waals surface area contributed by atoms with Crippen LogP contribution in [0.15, 0.2) is 0 Å². The molecule has 0 bridgehead atoms. The summed E-state index contributed by atoms with van der Waals surface area (Å²) in [4.78, 5) is 14.1. The van der Waals surface area contributed by atoms with Crippen molar-refractivity contribution >= 4 is 30.7 Å². The van der Waals surface area contributed by atoms with Crippen LogP contribution < -0.4 is 10.6 Å². The second-order valence-corrected chi connectivity index (χ2v) is 6.12. The van der Waals surface area contributed by atoms with Gasteiger partial charge < -0.3 is 15.5 Å². The fraction of sp³-hybridized carbons (Fsp3) is 0.923. The van der Waals surface area contributed by atoms with Gasteiger partial charge in [0.2, 0.25) is 5.91 Å². The Hall–Kier alpha value is -0.0300. The number of hydrogen-bond acceptors (Lipinski definition) is 3. The monoisotopic (exact) mass is 313 g/mol. The van der Waals surface area contributed by atoms with Gasteiger partial charge in [-0.25, -0.2) is 0 Å². The summed E-state index contributed by atoms with van der Waals surface area (Å²) in [5.41, 5.74) is 0.119. The van der Waals surface area contributed by atoms with E-state index in [9.17, 15) is 4.79 Å². The molecule has 0 radical (unpaired) electrons. The third-order valence-electron chi connectivity index (χ3n) is 3.11. The largest absolute Gasteiger partial charge is 0.354 e. The normalized spacial score (nSPS) is 19.3. The van der Waals surface area contributed by atoms with Crippen LogP contribution in [0.2, 0.25) is 0 Å². The molecule has 1 aliphatic rings. The van der Waals surface area contributed by atoms with Crippen molar-refractivity contribution < 1.29 is 4.79 Å². The first-order chi connectivity index (χ1) is 7.91. The average molecular weight is 314 g/mol. The number of rotatable bonds is 5. The minimum absolute atomic E-state index is 0. The van der Waals surface area contributed by atoms with Crippen LogP contribution >= 0.6 is 24.8 Å². The third kappa shape index (κ3) is 8.69. The molecular formula is C13H29Cl2N3O. The molecule has 19 heavy (non-hydrogen) atoms. The van der Waals surface area contributed by atoms with Crippen molar-refractivity contribution in [3.8, 4) is 0 Å². The van der Waals surface area contributed by atoms with Crippen molar-refractivity contribution in [1.82, 2.24) is 15.5 Å². The van der Waals surface area contributed by atoms with E-state index in [1.807, 2.05) is 0 Å². The van der Waals surface area contributed by atoms with Gasteiger partial charge in [-0.3, -0.25) is 4.79 Å². The molecule has 1 amide bonds. The lowest BCUT2D eigenvalue weighted by atomic mass is 9.92. The number of piperidine rings is 1. The Bertz CT molecular complexity index is 254. The van der Waals surface area contributed by atoms with Gasteiger partial charge in [-0.15, -0.1) is 24.8 Å². The van der Waals surface area contributed by atoms with Crippen LogP contribution in [0.5, 0.6) is 0 Å². The van der Waals surface area contributed by atoms with Gasteiger partial charge in [-0.05, 0) is 38.9 Å². The topological polar surface area (TPSA) is 44.4 Å². The minimum atomic E-state index is 0. The van der Waals surface area contributed by atoms with Gasteiger partial charge in [0, 0.05) is 13.1 Å². The zero-order valence-electron chi connectivity index (χ0n) is 12.5. The minimum Gasteiger partial charge on any atom is -0.354 e. The standard InChI is InChI=1S/C13H27N3O.2ClH/c1-13(2,10-16(3)4)9-15-12(17)11-7-5-6-8-14-11;;/h11,14H,5-10H2,1-4H3,(H,15,17);2*1H. The molecule has 4 nitrogen and oxygen atoms in total. The molecule has 6 heteroatoms. The van der Waals surface area contributed by atoms with Crippen molar-refractivity contribution in [3.05, 3.63) is 0 Å². The lowest BCUT2D eigenvalue weighted by Crippen LogP contribution is -2.49. The van der Waals surface area contributed by atoms with Gasteiger partial charge in [-0.1, -0.05) is 20.3 Å². The van der Waals surface area contributed by atoms with Crippen LogP contribution in [0, 0.1) is 5.41 Å². The van der Waals surface area contributed by atoms with Gasteiger partial charge in [0.15, 0.2) is 0 Å². The predicted octanol–water partition coefficient (Wildman–Crippen LogP) is 1.68. The molecule has 0 aromatic heterocycles. The number of hydrogen-bond donors (Lipinski definition) is 2. The van der Waals surface area contributed by atoms with Crippen molar-refractivity contribution in [2.75, 3.05) is 33.7 Å². The molecular weight excluding hydrogens is 285 g/mol. The van der Waals surface area contributed by atoms with Crippen LogP contribution in [0.1, 0.15) is 33.1 Å². The summed E-state index contributed by atoms with van der Waals surface area (Å²) >= 11 is 0. The molecule has 0 aromatic carbocycles. The van der Waals surface area contributed by atoms with E-state index in [1.165, 1.54) is 6.42 Å². The second kappa shape index (κ2) is 9.81. The maximum Gasteiger partial charge on any atom is 0.237 e. The van der Waals surface area contributed by atoms with Crippen molar-refractivity contribution in [3.63, 3.8) is 0 Å². The van der Waals surface area contributed by atoms with Crippen molar-refractivity contribution in [2.24, 2.45) is 5.41 Å². The number of carbonyl (C=O) groups is 1. The Kier molecular flexibility index (Phi) is 11.0. The fourth-order valence-corrected chi connectivity index (χ4v) is 2.44. The highest BCUT2D eigenvalue weighted by Gasteiger charge is 2.24. The Morgan fingerprint density at radius 2 is 1.95 bits per heavy atom. The summed E-state index contributed by atoms with van der Waals surface area (Å²) in [6, 6.07) is 0.0268. The highest BCUT2D eigenvalue weighted by molar-refractivity contribution is 5.85. The maximum atomic E-state index is 11.9. The SMILES string of the molecule is CN(C)CC(C)(C)CNC(=O)C1CCCCN1.Cl.Cl. The zero-order chi connectivity index (χ0) is 12.9. The molecule has 0 aliphatic carbocycles. The summed E-state index contributed by atoms with van der Waals surface area (Å²) in [6.07, 6.45) is 3.32. The zero-order valence-corrected chi connectivity index (χ0v) is 14.1. The van der Waals surface area contributed by atoms with E-state index in [1.54, 1.807) is 0 Å². The van der Waals surface area contributed by atoms with E-state index in [2.05, 4.69) is 43.5 Å². The Morgan fingerprint density at radius 1 is 1.32 bits per heavy atom. The molecule has 1 aliphatic heterocycles. The fourth-order valence-electron chi connectivity index (χ4n) is 2.44. The van der Waals surface area contributed by atoms with E-state index >= 15 is 0 Å². The summed E-state index contributed by atoms with van der Waals surface area (Å²) in [5, 5.41) is 6.34. The van der Waals surface area contributed by atoms with Crippen molar-refractivity contribution in [1.29, 1.82) is 0 Å². The van der Waals surface area contributed by atoms with Crippen LogP contribution in [0.4, 0.5) is 0 Å². The van der Waals surface area contributed by atoms with Gasteiger partial charge in [0.25, 0.3) is 0 Å². The molecule has 0 aromatic rings. The summed E-state index contributed by atoms with van der Waals surface area (Å²) in [6.45, 7) is 7.05. The lowest BCUT2D eigenvalue weighted by molar-refractivity contribution is -0.124. The summed E-state index contributed by atoms with van der Waals surface area (Å²) in [7, 11) is 4.12. The first kappa shape index (κ1) is 21.3. The van der Waals surface area contributed by atoms with Gasteiger partial charge >= 0.3 is 0 Å². The third-order valence-corrected chi connectivity index (χ3v) is 3.11. The Balaban J connectivity index is 0. The first-order valence-electron chi connectivity index (χ1n) is 6.56. The maximum absolute atomic E-state index is 11.9. The molecule has 0 saturated carbocycles. The smallest absolute Gasteiger partial charge is 0.237 e. The number of halogens is 2. The van der Waals surface area contributed by atoms with E-state index in [4.69, 9.17) is 0 Å². The molecule has 2 N–H and O–H groups in total. The van der Waals surface area contributed by atoms with Gasteiger partial charge in [-0.2, -0.15) is 0 Å². The highest BCUT2D eigenvalue weighted by Crippen LogP contribution is 2.14. The average Bonchev–Trinajstić information content (AvgIpc) is 2.25. The Morgan fingerprint density at radius 3 is 2.42 bits per heavy atom. The Labute approximate surface area is 129 Å². The molecule has 1 fully saturated rings. The lowest BCUT2D eigenvalue weighted by Gasteiger charge is -2.30. The highest BCUT2D eigenvalue weighted by atomic mass is 35.5. The molecule has 1 heterocycles. The van der Waals surface area contributed by atoms with Crippen LogP contribution in [-0.2, 0) is 4.79 Å². The second-order valence-electron chi connectivity index (χ2n) is 6.12. The summed E-state index contributed by atoms with van der Waals surface area (Å²) in [5.74, 6) is 0.163. The molecule has 1 unspecified atom stereocenters. The van der Waals surface area contributed by atoms with Crippen molar-refractivity contribution in [2.45, 2.75) is 39.2 Å². The van der Waals surface area contributed by atoms with Crippen LogP contribution in [-0.4, -0.2) is 50.6 Å². The first-order valence-corrected chi connectivity index (χ1v) is 6.56. The summed E-state index contributed by atoms with van der Waals surface area (Å²) < 4.78 is 0. The quantitative estimate of drug-likeness (QED) is 0.811. The van der Waals surface area contributed by atoms with Gasteiger partial charge in [0.1, 0.15) is 0 Å². The molecule has 1 atom stereocenters. The van der Waals surface area contributed by atoms with E-state index < -0.39 is 0 Å². The van der Waals surface area contributed by atoms with Gasteiger partial charge in [0.05, 0.1) is 6.04 Å². The van der Waals surface area contributed by atoms with E-state index in [-0.39, 0.29) is 42.2 Å². The number of carbonyl (C=O) groups excluding carboxylic acids is 1. The number of nitrogens with one attached hydrogen (secondary N) is 2. The van der Waals surface area contributed by atoms with Crippen LogP contribution in [0.3, 0.4) is 0 Å². The number of amides is 1. The molecule has 116 valence electrons. The number of nitrogens with zero attached hydrogens (tertiary/aromatic N) is 1. The van der Waals surface area contributed by atoms with E-state index in [0.717, 1.165) is 32.5 Å². The molecule has 1 saturated heterocycles. The molecule has 1 rings (SSSR count).